The van der Waals surface area contributed by atoms with Gasteiger partial charge in [0.1, 0.15) is 11.8 Å². The number of fused-ring (bicyclic) bond motifs is 3. The summed E-state index contributed by atoms with van der Waals surface area (Å²) >= 11 is 2.21. The Balaban J connectivity index is 1.27. The highest BCUT2D eigenvalue weighted by molar-refractivity contribution is 8.00. The Morgan fingerprint density at radius 3 is 2.46 bits per heavy atom. The van der Waals surface area contributed by atoms with Crippen molar-refractivity contribution in [3.05, 3.63) is 117 Å². The number of nitrogens with one attached hydrogen (secondary N) is 1. The number of carbonyl (C=O) groups excluding carboxylic acids is 3. The maximum absolute atomic E-state index is 13.9. The average molecular weight is 579 g/mol. The largest absolute Gasteiger partial charge is 0.324 e. The predicted octanol–water partition coefficient (Wildman–Crippen LogP) is 4.89. The summed E-state index contributed by atoms with van der Waals surface area (Å²) in [5, 5.41) is 4.63. The summed E-state index contributed by atoms with van der Waals surface area (Å²) in [5.41, 5.74) is 1.91. The zero-order chi connectivity index (χ0) is 28.1. The van der Waals surface area contributed by atoms with Crippen LogP contribution in [-0.4, -0.2) is 32.5 Å². The Bertz CT molecular complexity index is 1880. The molecule has 2 aliphatic rings. The molecule has 0 spiro atoms. The van der Waals surface area contributed by atoms with Crippen LogP contribution in [0, 0.1) is 5.92 Å². The van der Waals surface area contributed by atoms with Crippen molar-refractivity contribution in [3.63, 3.8) is 0 Å². The first-order chi connectivity index (χ1) is 20.0. The van der Waals surface area contributed by atoms with Gasteiger partial charge in [0.15, 0.2) is 0 Å². The van der Waals surface area contributed by atoms with Gasteiger partial charge in [-0.05, 0) is 35.2 Å². The van der Waals surface area contributed by atoms with Crippen molar-refractivity contribution in [3.8, 4) is 0 Å². The van der Waals surface area contributed by atoms with Crippen LogP contribution < -0.4 is 15.1 Å². The van der Waals surface area contributed by atoms with Crippen LogP contribution in [0.15, 0.2) is 107 Å². The number of thioether (sulfide) groups is 1. The van der Waals surface area contributed by atoms with Gasteiger partial charge < -0.3 is 5.32 Å². The van der Waals surface area contributed by atoms with Gasteiger partial charge in [-0.1, -0.05) is 83.8 Å². The first-order valence-corrected chi connectivity index (χ1v) is 14.7. The molecule has 0 aliphatic carbocycles. The summed E-state index contributed by atoms with van der Waals surface area (Å²) in [6.07, 6.45) is 3.31. The number of nitrogens with zero attached hydrogens (tertiary/aromatic N) is 3. The van der Waals surface area contributed by atoms with Gasteiger partial charge in [0.25, 0.3) is 0 Å². The number of amides is 3. The van der Waals surface area contributed by atoms with E-state index in [1.807, 2.05) is 54.6 Å². The molecule has 0 saturated carbocycles. The number of benzene rings is 3. The van der Waals surface area contributed by atoms with Crippen LogP contribution in [0.25, 0.3) is 10.8 Å². The smallest absolute Gasteiger partial charge is 0.308 e. The molecule has 0 bridgehead atoms. The molecular formula is C31H22N4O4S2. The van der Waals surface area contributed by atoms with E-state index in [0.29, 0.717) is 21.3 Å². The van der Waals surface area contributed by atoms with E-state index in [1.54, 1.807) is 42.7 Å². The lowest BCUT2D eigenvalue weighted by atomic mass is 9.84. The van der Waals surface area contributed by atoms with Gasteiger partial charge in [-0.25, -0.2) is 4.90 Å². The van der Waals surface area contributed by atoms with Crippen LogP contribution in [0.4, 0.5) is 11.4 Å². The molecule has 3 atom stereocenters. The molecule has 4 heterocycles. The molecule has 10 heteroatoms. The number of hydrogen-bond acceptors (Lipinski definition) is 7. The second-order valence-corrected chi connectivity index (χ2v) is 12.0. The third-order valence-electron chi connectivity index (χ3n) is 7.47. The number of thiazole rings is 1. The highest BCUT2D eigenvalue weighted by Gasteiger charge is 2.56. The molecule has 8 nitrogen and oxygen atoms in total. The van der Waals surface area contributed by atoms with Crippen molar-refractivity contribution in [2.24, 2.45) is 5.92 Å². The van der Waals surface area contributed by atoms with E-state index < -0.39 is 17.1 Å². The van der Waals surface area contributed by atoms with Gasteiger partial charge in [0.05, 0.1) is 16.6 Å². The number of aromatic nitrogens is 2. The van der Waals surface area contributed by atoms with Crippen molar-refractivity contribution in [2.75, 3.05) is 10.2 Å². The zero-order valence-electron chi connectivity index (χ0n) is 21.5. The molecule has 2 aromatic heterocycles. The van der Waals surface area contributed by atoms with Gasteiger partial charge in [0.2, 0.25) is 17.7 Å². The maximum atomic E-state index is 13.9. The Morgan fingerprint density at radius 1 is 0.878 bits per heavy atom. The molecule has 0 unspecified atom stereocenters. The van der Waals surface area contributed by atoms with Crippen molar-refractivity contribution in [1.82, 2.24) is 9.55 Å². The quantitative estimate of drug-likeness (QED) is 0.298. The summed E-state index contributed by atoms with van der Waals surface area (Å²) in [6, 6.07) is 25.9. The second-order valence-electron chi connectivity index (χ2n) is 9.87. The van der Waals surface area contributed by atoms with E-state index in [2.05, 4.69) is 10.3 Å². The number of para-hydroxylation sites is 1. The topological polar surface area (TPSA) is 101 Å². The minimum absolute atomic E-state index is 0.220. The number of carbonyl (C=O) groups is 3. The molecule has 1 saturated heterocycles. The fourth-order valence-corrected chi connectivity index (χ4v) is 8.45. The van der Waals surface area contributed by atoms with Gasteiger partial charge in [-0.15, -0.1) is 0 Å². The third-order valence-corrected chi connectivity index (χ3v) is 10.1. The SMILES string of the molecule is O=C(Cn1c2c(sc1=O)[C@@H](c1cccnc1)[C@@H]1C(=O)N(c3ccccc3)C(=O)[C@@H]1S2)Nc1cccc2ccccc12. The fourth-order valence-electron chi connectivity index (χ4n) is 5.67. The molecule has 7 rings (SSSR count). The van der Waals surface area contributed by atoms with E-state index in [0.717, 1.165) is 27.7 Å². The second kappa shape index (κ2) is 10.1. The zero-order valence-corrected chi connectivity index (χ0v) is 23.1. The number of hydrogen-bond donors (Lipinski definition) is 1. The molecule has 3 aromatic carbocycles. The van der Waals surface area contributed by atoms with Gasteiger partial charge >= 0.3 is 4.87 Å². The highest BCUT2D eigenvalue weighted by Crippen LogP contribution is 2.53. The van der Waals surface area contributed by atoms with Crippen molar-refractivity contribution >= 4 is 63.0 Å². The Morgan fingerprint density at radius 2 is 1.66 bits per heavy atom. The summed E-state index contributed by atoms with van der Waals surface area (Å²) in [4.78, 5) is 60.1. The number of pyridine rings is 1. The Kier molecular flexibility index (Phi) is 6.29. The van der Waals surface area contributed by atoms with Crippen LogP contribution in [-0.2, 0) is 20.9 Å². The molecule has 202 valence electrons. The molecule has 1 N–H and O–H groups in total. The first-order valence-electron chi connectivity index (χ1n) is 13.0. The monoisotopic (exact) mass is 578 g/mol. The van der Waals surface area contributed by atoms with Gasteiger partial charge in [-0.3, -0.25) is 28.7 Å². The van der Waals surface area contributed by atoms with Crippen LogP contribution >= 0.6 is 23.1 Å². The highest BCUT2D eigenvalue weighted by atomic mass is 32.2. The standard InChI is InChI=1S/C31H22N4O4S2/c36-23(33-22-14-6-9-18-8-4-5-13-21(18)22)17-34-30-27(41-31(34)39)24(19-10-7-15-32-16-19)25-26(40-30)29(38)35(28(25)37)20-11-2-1-3-12-20/h1-16,24-26H,17H2,(H,33,36)/t24-,25-,26+/m0/s1. The molecular weight excluding hydrogens is 556 g/mol. The van der Waals surface area contributed by atoms with Gasteiger partial charge in [-0.2, -0.15) is 0 Å². The minimum atomic E-state index is -0.748. The van der Waals surface area contributed by atoms with E-state index in [1.165, 1.54) is 21.2 Å². The van der Waals surface area contributed by atoms with Crippen LogP contribution in [0.3, 0.4) is 0 Å². The molecule has 1 fully saturated rings. The lowest BCUT2D eigenvalue weighted by Crippen LogP contribution is -2.33. The lowest BCUT2D eigenvalue weighted by Gasteiger charge is -2.30. The molecule has 0 radical (unpaired) electrons. The van der Waals surface area contributed by atoms with Crippen molar-refractivity contribution in [2.45, 2.75) is 22.7 Å². The predicted molar refractivity (Wildman–Crippen MR) is 159 cm³/mol. The van der Waals surface area contributed by atoms with Crippen molar-refractivity contribution < 1.29 is 14.4 Å². The molecule has 41 heavy (non-hydrogen) atoms. The summed E-state index contributed by atoms with van der Waals surface area (Å²) in [7, 11) is 0. The molecule has 3 amide bonds. The van der Waals surface area contributed by atoms with Crippen molar-refractivity contribution in [1.29, 1.82) is 0 Å². The summed E-state index contributed by atoms with van der Waals surface area (Å²) < 4.78 is 1.42. The van der Waals surface area contributed by atoms with E-state index in [9.17, 15) is 19.2 Å². The van der Waals surface area contributed by atoms with E-state index in [-0.39, 0.29) is 29.1 Å². The maximum Gasteiger partial charge on any atom is 0.308 e. The average Bonchev–Trinajstić information content (AvgIpc) is 3.44. The normalized spacial score (nSPS) is 19.7. The molecule has 5 aromatic rings. The number of anilines is 2. The first kappa shape index (κ1) is 25.4. The third kappa shape index (κ3) is 4.27. The van der Waals surface area contributed by atoms with Crippen LogP contribution in [0.1, 0.15) is 16.4 Å². The Hall–Kier alpha value is -4.54. The number of imide groups is 1. The fraction of sp³-hybridized carbons (Fsp3) is 0.129. The van der Waals surface area contributed by atoms with E-state index >= 15 is 0 Å². The van der Waals surface area contributed by atoms with Crippen LogP contribution in [0.2, 0.25) is 0 Å². The van der Waals surface area contributed by atoms with Crippen LogP contribution in [0.5, 0.6) is 0 Å². The van der Waals surface area contributed by atoms with Gasteiger partial charge in [0, 0.05) is 34.3 Å². The Labute approximate surface area is 242 Å². The summed E-state index contributed by atoms with van der Waals surface area (Å²) in [5.74, 6) is -2.25. The minimum Gasteiger partial charge on any atom is -0.324 e. The lowest BCUT2D eigenvalue weighted by molar-refractivity contribution is -0.122. The summed E-state index contributed by atoms with van der Waals surface area (Å²) in [6.45, 7) is -0.220. The van der Waals surface area contributed by atoms with E-state index in [4.69, 9.17) is 0 Å². The molecule has 2 aliphatic heterocycles. The number of rotatable bonds is 5.